The van der Waals surface area contributed by atoms with Crippen LogP contribution in [0.1, 0.15) is 19.8 Å². The van der Waals surface area contributed by atoms with Crippen molar-refractivity contribution < 1.29 is 19.4 Å². The van der Waals surface area contributed by atoms with Crippen molar-refractivity contribution in [2.75, 3.05) is 13.2 Å². The molecular weight excluding hydrogens is 172 g/mol. The molecule has 0 unspecified atom stereocenters. The van der Waals surface area contributed by atoms with Crippen LogP contribution in [0, 0.1) is 11.8 Å². The highest BCUT2D eigenvalue weighted by molar-refractivity contribution is 5.71. The number of carboxylic acids is 1. The molecule has 1 spiro atoms. The first-order chi connectivity index (χ1) is 6.13. The summed E-state index contributed by atoms with van der Waals surface area (Å²) in [5.74, 6) is -1.46. The molecule has 4 heteroatoms. The Morgan fingerprint density at radius 2 is 2.00 bits per heavy atom. The highest BCUT2D eigenvalue weighted by Crippen LogP contribution is 2.44. The Bertz CT molecular complexity index is 220. The zero-order valence-electron chi connectivity index (χ0n) is 7.66. The van der Waals surface area contributed by atoms with E-state index in [0.717, 1.165) is 0 Å². The van der Waals surface area contributed by atoms with Crippen molar-refractivity contribution in [1.82, 2.24) is 0 Å². The smallest absolute Gasteiger partial charge is 0.306 e. The van der Waals surface area contributed by atoms with Gasteiger partial charge in [0.1, 0.15) is 0 Å². The summed E-state index contributed by atoms with van der Waals surface area (Å²) in [5.41, 5.74) is 0. The van der Waals surface area contributed by atoms with Gasteiger partial charge in [-0.15, -0.1) is 0 Å². The molecule has 1 heterocycles. The number of aliphatic carboxylic acids is 1. The number of hydrogen-bond acceptors (Lipinski definition) is 3. The molecule has 74 valence electrons. The predicted molar refractivity (Wildman–Crippen MR) is 44.2 cm³/mol. The fraction of sp³-hybridized carbons (Fsp3) is 0.889. The van der Waals surface area contributed by atoms with E-state index in [1.165, 1.54) is 0 Å². The average Bonchev–Trinajstić information content (AvgIpc) is 2.60. The number of rotatable bonds is 1. The quantitative estimate of drug-likeness (QED) is 0.660. The Morgan fingerprint density at radius 3 is 2.46 bits per heavy atom. The van der Waals surface area contributed by atoms with Crippen molar-refractivity contribution in [2.45, 2.75) is 25.6 Å². The molecule has 1 saturated carbocycles. The number of carbonyl (C=O) groups is 1. The molecule has 0 aromatic heterocycles. The van der Waals surface area contributed by atoms with Crippen molar-refractivity contribution >= 4 is 5.97 Å². The molecule has 13 heavy (non-hydrogen) atoms. The molecule has 0 aromatic rings. The third kappa shape index (κ3) is 1.44. The summed E-state index contributed by atoms with van der Waals surface area (Å²) in [7, 11) is 0. The van der Waals surface area contributed by atoms with Crippen LogP contribution in [-0.4, -0.2) is 30.1 Å². The summed E-state index contributed by atoms with van der Waals surface area (Å²) in [6.45, 7) is 3.14. The van der Waals surface area contributed by atoms with Gasteiger partial charge in [0, 0.05) is 12.8 Å². The molecule has 1 aliphatic heterocycles. The summed E-state index contributed by atoms with van der Waals surface area (Å²) in [4.78, 5) is 10.8. The lowest BCUT2D eigenvalue weighted by molar-refractivity contribution is -0.159. The second kappa shape index (κ2) is 2.96. The molecule has 0 radical (unpaired) electrons. The van der Waals surface area contributed by atoms with E-state index in [1.807, 2.05) is 6.92 Å². The SMILES string of the molecule is C[C@H]1CC2(C[C@@H]1C(=O)O)OCCO2. The van der Waals surface area contributed by atoms with Gasteiger partial charge in [-0.1, -0.05) is 6.92 Å². The van der Waals surface area contributed by atoms with Gasteiger partial charge in [0.25, 0.3) is 0 Å². The summed E-state index contributed by atoms with van der Waals surface area (Å²) < 4.78 is 10.9. The second-order valence-corrected chi connectivity index (χ2v) is 3.94. The standard InChI is InChI=1S/C9H14O4/c1-6-4-9(12-2-3-13-9)5-7(6)8(10)11/h6-7H,2-5H2,1H3,(H,10,11)/t6-,7-/m0/s1. The van der Waals surface area contributed by atoms with E-state index in [1.54, 1.807) is 0 Å². The van der Waals surface area contributed by atoms with E-state index in [-0.39, 0.29) is 11.8 Å². The van der Waals surface area contributed by atoms with Gasteiger partial charge in [0.05, 0.1) is 19.1 Å². The van der Waals surface area contributed by atoms with Crippen LogP contribution < -0.4 is 0 Å². The number of carboxylic acid groups (broad SMARTS) is 1. The van der Waals surface area contributed by atoms with Crippen LogP contribution in [0.5, 0.6) is 0 Å². The van der Waals surface area contributed by atoms with E-state index in [0.29, 0.717) is 26.1 Å². The molecule has 0 amide bonds. The maximum Gasteiger partial charge on any atom is 0.306 e. The molecule has 2 fully saturated rings. The lowest BCUT2D eigenvalue weighted by atomic mass is 9.99. The van der Waals surface area contributed by atoms with E-state index in [4.69, 9.17) is 14.6 Å². The predicted octanol–water partition coefficient (Wildman–Crippen LogP) is 0.860. The molecule has 0 aromatic carbocycles. The van der Waals surface area contributed by atoms with Crippen LogP contribution in [0.25, 0.3) is 0 Å². The minimum atomic E-state index is -0.733. The molecule has 0 bridgehead atoms. The van der Waals surface area contributed by atoms with Gasteiger partial charge in [-0.25, -0.2) is 0 Å². The van der Waals surface area contributed by atoms with Gasteiger partial charge in [-0.3, -0.25) is 4.79 Å². The van der Waals surface area contributed by atoms with Gasteiger partial charge in [-0.05, 0) is 5.92 Å². The Kier molecular flexibility index (Phi) is 2.04. The Hall–Kier alpha value is -0.610. The van der Waals surface area contributed by atoms with Gasteiger partial charge < -0.3 is 14.6 Å². The lowest BCUT2D eigenvalue weighted by Crippen LogP contribution is -2.27. The van der Waals surface area contributed by atoms with Gasteiger partial charge in [0.2, 0.25) is 0 Å². The van der Waals surface area contributed by atoms with Gasteiger partial charge in [-0.2, -0.15) is 0 Å². The molecule has 1 N–H and O–H groups in total. The molecule has 2 aliphatic rings. The number of hydrogen-bond donors (Lipinski definition) is 1. The van der Waals surface area contributed by atoms with Crippen LogP contribution in [0.4, 0.5) is 0 Å². The minimum Gasteiger partial charge on any atom is -0.481 e. The van der Waals surface area contributed by atoms with E-state index >= 15 is 0 Å². The third-order valence-electron chi connectivity index (χ3n) is 2.98. The zero-order valence-corrected chi connectivity index (χ0v) is 7.66. The Balaban J connectivity index is 2.09. The van der Waals surface area contributed by atoms with Crippen LogP contribution >= 0.6 is 0 Å². The van der Waals surface area contributed by atoms with Crippen molar-refractivity contribution in [3.05, 3.63) is 0 Å². The summed E-state index contributed by atoms with van der Waals surface area (Å²) >= 11 is 0. The summed E-state index contributed by atoms with van der Waals surface area (Å²) in [6.07, 6.45) is 1.22. The fourth-order valence-electron chi connectivity index (χ4n) is 2.32. The maximum absolute atomic E-state index is 10.8. The van der Waals surface area contributed by atoms with Gasteiger partial charge >= 0.3 is 5.97 Å². The minimum absolute atomic E-state index is 0.149. The molecule has 1 saturated heterocycles. The average molecular weight is 186 g/mol. The van der Waals surface area contributed by atoms with Crippen molar-refractivity contribution in [3.63, 3.8) is 0 Å². The zero-order chi connectivity index (χ0) is 9.47. The molecular formula is C9H14O4. The Labute approximate surface area is 76.8 Å². The fourth-order valence-corrected chi connectivity index (χ4v) is 2.32. The van der Waals surface area contributed by atoms with Crippen LogP contribution in [0.3, 0.4) is 0 Å². The lowest BCUT2D eigenvalue weighted by Gasteiger charge is -2.20. The second-order valence-electron chi connectivity index (χ2n) is 3.94. The first-order valence-electron chi connectivity index (χ1n) is 4.64. The summed E-state index contributed by atoms with van der Waals surface area (Å²) in [6, 6.07) is 0. The monoisotopic (exact) mass is 186 g/mol. The maximum atomic E-state index is 10.8. The molecule has 2 rings (SSSR count). The molecule has 1 aliphatic carbocycles. The van der Waals surface area contributed by atoms with E-state index < -0.39 is 11.8 Å². The topological polar surface area (TPSA) is 55.8 Å². The third-order valence-corrected chi connectivity index (χ3v) is 2.98. The summed E-state index contributed by atoms with van der Waals surface area (Å²) in [5, 5.41) is 8.92. The number of ether oxygens (including phenoxy) is 2. The first kappa shape index (κ1) is 8.97. The van der Waals surface area contributed by atoms with E-state index in [9.17, 15) is 4.79 Å². The Morgan fingerprint density at radius 1 is 1.38 bits per heavy atom. The highest BCUT2D eigenvalue weighted by atomic mass is 16.7. The van der Waals surface area contributed by atoms with Crippen molar-refractivity contribution in [3.8, 4) is 0 Å². The normalized spacial score (nSPS) is 37.0. The largest absolute Gasteiger partial charge is 0.481 e. The molecule has 2 atom stereocenters. The first-order valence-corrected chi connectivity index (χ1v) is 4.64. The van der Waals surface area contributed by atoms with Crippen LogP contribution in [-0.2, 0) is 14.3 Å². The molecule has 4 nitrogen and oxygen atoms in total. The van der Waals surface area contributed by atoms with Crippen LogP contribution in [0.15, 0.2) is 0 Å². The van der Waals surface area contributed by atoms with Crippen molar-refractivity contribution in [1.29, 1.82) is 0 Å². The van der Waals surface area contributed by atoms with Gasteiger partial charge in [0.15, 0.2) is 5.79 Å². The van der Waals surface area contributed by atoms with Crippen LogP contribution in [0.2, 0.25) is 0 Å². The van der Waals surface area contributed by atoms with Crippen molar-refractivity contribution in [2.24, 2.45) is 11.8 Å². The van der Waals surface area contributed by atoms with E-state index in [2.05, 4.69) is 0 Å². The highest BCUT2D eigenvalue weighted by Gasteiger charge is 2.50.